The average molecular weight is 1080 g/mol. The second kappa shape index (κ2) is 23.4. The van der Waals surface area contributed by atoms with Gasteiger partial charge < -0.3 is 39.9 Å². The van der Waals surface area contributed by atoms with Crippen LogP contribution in [0.5, 0.6) is 17.5 Å². The van der Waals surface area contributed by atoms with Gasteiger partial charge in [0.25, 0.3) is 5.91 Å². The van der Waals surface area contributed by atoms with Crippen molar-refractivity contribution in [3.8, 4) is 40.7 Å². The maximum Gasteiger partial charge on any atom is 0.318 e. The van der Waals surface area contributed by atoms with E-state index < -0.39 is 5.91 Å². The Balaban J connectivity index is 0.740. The molecule has 6 aromatic rings. The molecule has 3 amide bonds. The molecule has 4 aliphatic heterocycles. The van der Waals surface area contributed by atoms with E-state index in [1.165, 1.54) is 19.2 Å². The van der Waals surface area contributed by atoms with Crippen LogP contribution < -0.4 is 19.9 Å². The Morgan fingerprint density at radius 2 is 1.65 bits per heavy atom. The van der Waals surface area contributed by atoms with Gasteiger partial charge in [0.2, 0.25) is 17.6 Å². The number of phenols is 2. The van der Waals surface area contributed by atoms with Crippen molar-refractivity contribution in [1.82, 2.24) is 49.6 Å². The quantitative estimate of drug-likeness (QED) is 0.0932. The van der Waals surface area contributed by atoms with Gasteiger partial charge in [0.1, 0.15) is 23.9 Å². The molecule has 0 aliphatic carbocycles. The van der Waals surface area contributed by atoms with Gasteiger partial charge in [-0.3, -0.25) is 28.8 Å². The molecule has 1 atom stereocenters. The molecule has 4 aromatic carbocycles. The van der Waals surface area contributed by atoms with Crippen molar-refractivity contribution in [2.24, 2.45) is 5.92 Å². The van der Waals surface area contributed by atoms with Crippen LogP contribution in [0.25, 0.3) is 27.8 Å². The molecule has 0 radical (unpaired) electrons. The molecule has 10 rings (SSSR count). The van der Waals surface area contributed by atoms with Crippen LogP contribution in [-0.4, -0.2) is 164 Å². The predicted molar refractivity (Wildman–Crippen MR) is 298 cm³/mol. The number of carbonyl (C=O) groups is 3. The Kier molecular flexibility index (Phi) is 16.1. The topological polar surface area (TPSA) is 213 Å². The molecule has 3 saturated heterocycles. The first-order chi connectivity index (χ1) is 37.8. The van der Waals surface area contributed by atoms with E-state index in [4.69, 9.17) is 26.3 Å². The second-order valence-corrected chi connectivity index (χ2v) is 21.2. The monoisotopic (exact) mass is 1080 g/mol. The molecule has 4 aliphatic rings. The fourth-order valence-electron chi connectivity index (χ4n) is 11.5. The highest BCUT2D eigenvalue weighted by atomic mass is 35.5. The van der Waals surface area contributed by atoms with Crippen LogP contribution >= 0.6 is 11.6 Å². The highest BCUT2D eigenvalue weighted by molar-refractivity contribution is 6.36. The maximum atomic E-state index is 13.9. The van der Waals surface area contributed by atoms with Gasteiger partial charge >= 0.3 is 6.01 Å². The number of phenolic OH excluding ortho intramolecular Hbond substituents is 2. The van der Waals surface area contributed by atoms with Crippen LogP contribution in [-0.2, 0) is 29.1 Å². The van der Waals surface area contributed by atoms with Crippen molar-refractivity contribution >= 4 is 51.6 Å². The van der Waals surface area contributed by atoms with Crippen molar-refractivity contribution in [2.45, 2.75) is 64.6 Å². The van der Waals surface area contributed by atoms with Crippen molar-refractivity contribution in [3.05, 3.63) is 119 Å². The van der Waals surface area contributed by atoms with Gasteiger partial charge in [-0.2, -0.15) is 15.2 Å². The first kappa shape index (κ1) is 53.6. The fourth-order valence-corrected chi connectivity index (χ4v) is 11.7. The maximum absolute atomic E-state index is 13.9. The normalized spacial score (nSPS) is 17.5. The van der Waals surface area contributed by atoms with E-state index >= 15 is 0 Å². The van der Waals surface area contributed by atoms with Crippen LogP contribution in [0.3, 0.4) is 0 Å². The Morgan fingerprint density at radius 1 is 0.897 bits per heavy atom. The number of ether oxygens (including phenoxy) is 1. The van der Waals surface area contributed by atoms with Gasteiger partial charge in [0.15, 0.2) is 5.82 Å². The SMILES string of the molecule is C=CC(=O)N1CCN(c2nc(OCCN3CCC(C(=O)N4CCN(Cc5ccc(-n6c(C(=O)NC)nnc6-c6cc(C(C)C)c(O)cc6O)cc5)CC4)CC3)nc3c2CCN(c2cccc4cccc(Cl)c24)C3)C[C@@H]1CC#N. The largest absolute Gasteiger partial charge is 0.508 e. The van der Waals surface area contributed by atoms with E-state index in [2.05, 4.69) is 72.0 Å². The van der Waals surface area contributed by atoms with Gasteiger partial charge in [0.05, 0.1) is 41.4 Å². The van der Waals surface area contributed by atoms with Crippen molar-refractivity contribution in [2.75, 3.05) is 95.4 Å². The van der Waals surface area contributed by atoms with Crippen molar-refractivity contribution < 1.29 is 29.3 Å². The Labute approximate surface area is 459 Å². The smallest absolute Gasteiger partial charge is 0.318 e. The number of piperidine rings is 1. The van der Waals surface area contributed by atoms with Crippen LogP contribution in [0.1, 0.15) is 72.0 Å². The van der Waals surface area contributed by atoms with Gasteiger partial charge in [-0.15, -0.1) is 10.2 Å². The third-order valence-corrected chi connectivity index (χ3v) is 16.0. The number of hydrogen-bond acceptors (Lipinski definition) is 15. The Hall–Kier alpha value is -7.79. The molecule has 0 bridgehead atoms. The third-order valence-electron chi connectivity index (χ3n) is 15.7. The van der Waals surface area contributed by atoms with E-state index in [0.717, 1.165) is 84.7 Å². The number of nitriles is 1. The number of rotatable bonds is 15. The second-order valence-electron chi connectivity index (χ2n) is 20.8. The molecule has 3 N–H and O–H groups in total. The van der Waals surface area contributed by atoms with Gasteiger partial charge in [-0.05, 0) is 91.2 Å². The molecule has 0 spiro atoms. The third kappa shape index (κ3) is 11.2. The molecule has 2 aromatic heterocycles. The number of aromatic nitrogens is 5. The lowest BCUT2D eigenvalue weighted by atomic mass is 9.95. The van der Waals surface area contributed by atoms with E-state index in [1.54, 1.807) is 15.5 Å². The van der Waals surface area contributed by atoms with Crippen LogP contribution in [0, 0.1) is 17.2 Å². The zero-order valence-electron chi connectivity index (χ0n) is 44.4. The van der Waals surface area contributed by atoms with Crippen molar-refractivity contribution in [1.29, 1.82) is 5.26 Å². The molecule has 6 heterocycles. The number of hydrogen-bond donors (Lipinski definition) is 3. The molecular formula is C58H66ClN13O6. The van der Waals surface area contributed by atoms with Gasteiger partial charge in [-0.25, -0.2) is 0 Å². The summed E-state index contributed by atoms with van der Waals surface area (Å²) in [5.41, 5.74) is 5.63. The summed E-state index contributed by atoms with van der Waals surface area (Å²) in [6, 6.07) is 25.2. The Bertz CT molecular complexity index is 3250. The van der Waals surface area contributed by atoms with Crippen LogP contribution in [0.2, 0.25) is 5.02 Å². The number of benzene rings is 4. The first-order valence-corrected chi connectivity index (χ1v) is 27.3. The van der Waals surface area contributed by atoms with Crippen molar-refractivity contribution in [3.63, 3.8) is 0 Å². The summed E-state index contributed by atoms with van der Waals surface area (Å²) in [6.07, 6.45) is 3.73. The van der Waals surface area contributed by atoms with E-state index in [0.29, 0.717) is 87.2 Å². The molecule has 19 nitrogen and oxygen atoms in total. The fraction of sp³-hybridized carbons (Fsp3) is 0.414. The number of amides is 3. The minimum Gasteiger partial charge on any atom is -0.508 e. The summed E-state index contributed by atoms with van der Waals surface area (Å²) >= 11 is 6.80. The molecular weight excluding hydrogens is 1010 g/mol. The summed E-state index contributed by atoms with van der Waals surface area (Å²) in [6.45, 7) is 16.3. The minimum atomic E-state index is -0.437. The molecule has 406 valence electrons. The molecule has 0 unspecified atom stereocenters. The number of anilines is 2. The summed E-state index contributed by atoms with van der Waals surface area (Å²) in [5.74, 6) is 0.430. The summed E-state index contributed by atoms with van der Waals surface area (Å²) in [4.78, 5) is 62.7. The summed E-state index contributed by atoms with van der Waals surface area (Å²) in [7, 11) is 1.52. The lowest BCUT2D eigenvalue weighted by Crippen LogP contribution is -2.55. The number of likely N-dealkylation sites (tertiary alicyclic amines) is 1. The number of halogens is 1. The zero-order chi connectivity index (χ0) is 54.6. The number of aromatic hydroxyl groups is 2. The summed E-state index contributed by atoms with van der Waals surface area (Å²) < 4.78 is 8.02. The lowest BCUT2D eigenvalue weighted by Gasteiger charge is -2.42. The average Bonchev–Trinajstić information content (AvgIpc) is 4.04. The lowest BCUT2D eigenvalue weighted by molar-refractivity contribution is -0.139. The predicted octanol–water partition coefficient (Wildman–Crippen LogP) is 6.54. The minimum absolute atomic E-state index is 0.0217. The number of piperazine rings is 2. The van der Waals surface area contributed by atoms with Gasteiger partial charge in [-0.1, -0.05) is 68.4 Å². The zero-order valence-corrected chi connectivity index (χ0v) is 45.2. The standard InChI is InChI=1S/C58H66ClN13O6/c1-5-51(75)71-29-28-70(35-42(71)16-20-60)53-43-19-23-69(48-11-7-9-39-8-6-10-46(59)52(39)48)36-47(43)62-58(63-53)78-31-30-66-21-17-40(18-22-66)57(77)68-26-24-67(25-27-68)34-38-12-14-41(15-13-38)72-54(64-65-55(72)56(76)61-4)45-32-44(37(2)3)49(73)33-50(45)74/h5-15,32-33,37,40,42,73-74H,1,16-19,21-31,34-36H2,2-4H3,(H,61,76)/t42-/m0/s1. The highest BCUT2D eigenvalue weighted by Crippen LogP contribution is 2.40. The molecule has 0 saturated carbocycles. The van der Waals surface area contributed by atoms with Crippen LogP contribution in [0.4, 0.5) is 11.5 Å². The number of carbonyl (C=O) groups excluding carboxylic acids is 3. The van der Waals surface area contributed by atoms with Gasteiger partial charge in [0, 0.05) is 107 Å². The number of nitrogens with one attached hydrogen (secondary N) is 1. The molecule has 3 fully saturated rings. The number of nitrogens with zero attached hydrogens (tertiary/aromatic N) is 12. The molecule has 20 heteroatoms. The van der Waals surface area contributed by atoms with Crippen LogP contribution in [0.15, 0.2) is 85.5 Å². The number of fused-ring (bicyclic) bond motifs is 2. The molecule has 78 heavy (non-hydrogen) atoms. The van der Waals surface area contributed by atoms with E-state index in [9.17, 15) is 29.9 Å². The highest BCUT2D eigenvalue weighted by Gasteiger charge is 2.35. The summed E-state index contributed by atoms with van der Waals surface area (Å²) in [5, 5.41) is 45.0. The van der Waals surface area contributed by atoms with E-state index in [1.807, 2.05) is 55.1 Å². The first-order valence-electron chi connectivity index (χ1n) is 26.9. The Morgan fingerprint density at radius 3 is 2.37 bits per heavy atom. The van der Waals surface area contributed by atoms with E-state index in [-0.39, 0.29) is 65.3 Å².